The monoisotopic (exact) mass is 328 g/mol. The Morgan fingerprint density at radius 1 is 1.12 bits per heavy atom. The van der Waals surface area contributed by atoms with Gasteiger partial charge in [-0.3, -0.25) is 14.7 Å². The molecule has 1 fully saturated rings. The molecule has 1 saturated heterocycles. The smallest absolute Gasteiger partial charge is 0.274 e. The summed E-state index contributed by atoms with van der Waals surface area (Å²) in [6, 6.07) is 0.407. The maximum atomic E-state index is 12.5. The molecule has 24 heavy (non-hydrogen) atoms. The fraction of sp³-hybridized carbons (Fsp3) is 0.529. The first-order chi connectivity index (χ1) is 11.6. The maximum absolute atomic E-state index is 12.5. The van der Waals surface area contributed by atoms with Gasteiger partial charge in [-0.1, -0.05) is 0 Å². The Kier molecular flexibility index (Phi) is 5.20. The summed E-state index contributed by atoms with van der Waals surface area (Å²) in [6.45, 7) is 8.41. The zero-order chi connectivity index (χ0) is 16.9. The highest BCUT2D eigenvalue weighted by Crippen LogP contribution is 2.13. The van der Waals surface area contributed by atoms with Gasteiger partial charge in [0.05, 0.1) is 12.7 Å². The predicted octanol–water partition coefficient (Wildman–Crippen LogP) is 1.60. The van der Waals surface area contributed by atoms with Crippen molar-refractivity contribution >= 4 is 5.91 Å². The van der Waals surface area contributed by atoms with Crippen LogP contribution in [0.2, 0.25) is 0 Å². The van der Waals surface area contributed by atoms with Crippen LogP contribution < -0.4 is 0 Å². The Morgan fingerprint density at radius 3 is 2.75 bits per heavy atom. The molecule has 2 aromatic rings. The summed E-state index contributed by atoms with van der Waals surface area (Å²) < 4.78 is 2.20. The average Bonchev–Trinajstić information content (AvgIpc) is 2.93. The minimum absolute atomic E-state index is 0.0337. The summed E-state index contributed by atoms with van der Waals surface area (Å²) in [5.41, 5.74) is 0.418. The molecule has 0 aliphatic carbocycles. The van der Waals surface area contributed by atoms with Crippen molar-refractivity contribution in [3.63, 3.8) is 0 Å². The quantitative estimate of drug-likeness (QED) is 0.853. The number of aromatic nitrogens is 4. The third kappa shape index (κ3) is 3.79. The molecule has 0 aromatic carbocycles. The van der Waals surface area contributed by atoms with Gasteiger partial charge in [-0.15, -0.1) is 0 Å². The van der Waals surface area contributed by atoms with Crippen LogP contribution in [0, 0.1) is 0 Å². The minimum Gasteiger partial charge on any atom is -0.336 e. The first-order valence-corrected chi connectivity index (χ1v) is 8.44. The van der Waals surface area contributed by atoms with Gasteiger partial charge in [0.15, 0.2) is 0 Å². The Bertz CT molecular complexity index is 669. The van der Waals surface area contributed by atoms with Crippen LogP contribution in [0.25, 0.3) is 0 Å². The summed E-state index contributed by atoms with van der Waals surface area (Å²) in [7, 11) is 0. The third-order valence-corrected chi connectivity index (χ3v) is 4.33. The number of carbonyl (C=O) groups is 1. The molecule has 3 rings (SSSR count). The lowest BCUT2D eigenvalue weighted by molar-refractivity contribution is 0.0754. The topological polar surface area (TPSA) is 67.2 Å². The molecule has 7 nitrogen and oxygen atoms in total. The Balaban J connectivity index is 1.61. The first-order valence-electron chi connectivity index (χ1n) is 8.44. The van der Waals surface area contributed by atoms with Crippen molar-refractivity contribution in [2.24, 2.45) is 0 Å². The van der Waals surface area contributed by atoms with Crippen LogP contribution in [0.5, 0.6) is 0 Å². The van der Waals surface area contributed by atoms with Crippen molar-refractivity contribution < 1.29 is 4.79 Å². The number of hydrogen-bond donors (Lipinski definition) is 0. The van der Waals surface area contributed by atoms with Gasteiger partial charge in [0, 0.05) is 57.0 Å². The molecule has 128 valence electrons. The standard InChI is InChI=1S/C17H24N6O/c1-14(2)23-9-6-20-16(23)13-21-7-3-8-22(11-10-21)17(24)15-12-18-4-5-19-15/h4-6,9,12,14H,3,7-8,10-11,13H2,1-2H3. The van der Waals surface area contributed by atoms with Gasteiger partial charge in [-0.25, -0.2) is 9.97 Å². The van der Waals surface area contributed by atoms with Gasteiger partial charge in [0.2, 0.25) is 0 Å². The van der Waals surface area contributed by atoms with Gasteiger partial charge in [0.25, 0.3) is 5.91 Å². The number of rotatable bonds is 4. The first kappa shape index (κ1) is 16.6. The van der Waals surface area contributed by atoms with Gasteiger partial charge in [0.1, 0.15) is 11.5 Å². The highest BCUT2D eigenvalue weighted by molar-refractivity contribution is 5.91. The van der Waals surface area contributed by atoms with E-state index in [2.05, 4.69) is 38.3 Å². The average molecular weight is 328 g/mol. The number of amides is 1. The second-order valence-electron chi connectivity index (χ2n) is 6.36. The second-order valence-corrected chi connectivity index (χ2v) is 6.36. The summed E-state index contributed by atoms with van der Waals surface area (Å²) in [5.74, 6) is 1.05. The van der Waals surface area contributed by atoms with E-state index in [1.54, 1.807) is 12.4 Å². The zero-order valence-corrected chi connectivity index (χ0v) is 14.3. The van der Waals surface area contributed by atoms with Crippen LogP contribution in [0.15, 0.2) is 31.0 Å². The van der Waals surface area contributed by atoms with Gasteiger partial charge in [-0.05, 0) is 20.3 Å². The van der Waals surface area contributed by atoms with Crippen LogP contribution in [-0.2, 0) is 6.54 Å². The van der Waals surface area contributed by atoms with Crippen molar-refractivity contribution in [1.82, 2.24) is 29.3 Å². The molecule has 0 atom stereocenters. The highest BCUT2D eigenvalue weighted by atomic mass is 16.2. The lowest BCUT2D eigenvalue weighted by Gasteiger charge is -2.22. The molecule has 1 amide bonds. The number of hydrogen-bond acceptors (Lipinski definition) is 5. The van der Waals surface area contributed by atoms with E-state index in [1.807, 2.05) is 17.3 Å². The van der Waals surface area contributed by atoms with Crippen molar-refractivity contribution in [2.45, 2.75) is 32.9 Å². The van der Waals surface area contributed by atoms with Crippen LogP contribution in [0.1, 0.15) is 42.6 Å². The van der Waals surface area contributed by atoms with Crippen molar-refractivity contribution in [1.29, 1.82) is 0 Å². The van der Waals surface area contributed by atoms with Crippen LogP contribution in [-0.4, -0.2) is 61.4 Å². The van der Waals surface area contributed by atoms with Crippen LogP contribution in [0.3, 0.4) is 0 Å². The molecule has 0 bridgehead atoms. The fourth-order valence-corrected chi connectivity index (χ4v) is 3.04. The van der Waals surface area contributed by atoms with E-state index in [4.69, 9.17) is 0 Å². The summed E-state index contributed by atoms with van der Waals surface area (Å²) in [6.07, 6.45) is 9.51. The summed E-state index contributed by atoms with van der Waals surface area (Å²) in [4.78, 5) is 29.3. The molecule has 1 aliphatic heterocycles. The largest absolute Gasteiger partial charge is 0.336 e. The molecule has 0 radical (unpaired) electrons. The lowest BCUT2D eigenvalue weighted by atomic mass is 10.3. The molecule has 0 saturated carbocycles. The lowest BCUT2D eigenvalue weighted by Crippen LogP contribution is -2.35. The summed E-state index contributed by atoms with van der Waals surface area (Å²) in [5, 5.41) is 0. The van der Waals surface area contributed by atoms with E-state index in [1.165, 1.54) is 6.20 Å². The number of imidazole rings is 1. The molecule has 3 heterocycles. The zero-order valence-electron chi connectivity index (χ0n) is 14.3. The molecule has 0 N–H and O–H groups in total. The minimum atomic E-state index is -0.0337. The van der Waals surface area contributed by atoms with Crippen LogP contribution >= 0.6 is 0 Å². The summed E-state index contributed by atoms with van der Waals surface area (Å²) >= 11 is 0. The second kappa shape index (κ2) is 7.53. The van der Waals surface area contributed by atoms with E-state index in [9.17, 15) is 4.79 Å². The Hall–Kier alpha value is -2.28. The number of carbonyl (C=O) groups excluding carboxylic acids is 1. The van der Waals surface area contributed by atoms with Crippen molar-refractivity contribution in [2.75, 3.05) is 26.2 Å². The van der Waals surface area contributed by atoms with E-state index in [0.717, 1.165) is 38.4 Å². The Morgan fingerprint density at radius 2 is 2.00 bits per heavy atom. The molecule has 0 spiro atoms. The SMILES string of the molecule is CC(C)n1ccnc1CN1CCCN(C(=O)c2cnccn2)CC1. The Labute approximate surface area is 142 Å². The fourth-order valence-electron chi connectivity index (χ4n) is 3.04. The van der Waals surface area contributed by atoms with Gasteiger partial charge in [-0.2, -0.15) is 0 Å². The molecule has 1 aliphatic rings. The molecule has 2 aromatic heterocycles. The maximum Gasteiger partial charge on any atom is 0.274 e. The molecule has 0 unspecified atom stereocenters. The molecule has 7 heteroatoms. The third-order valence-electron chi connectivity index (χ3n) is 4.33. The van der Waals surface area contributed by atoms with E-state index < -0.39 is 0 Å². The van der Waals surface area contributed by atoms with E-state index >= 15 is 0 Å². The van der Waals surface area contributed by atoms with E-state index in [-0.39, 0.29) is 5.91 Å². The number of nitrogens with zero attached hydrogens (tertiary/aromatic N) is 6. The highest BCUT2D eigenvalue weighted by Gasteiger charge is 2.22. The van der Waals surface area contributed by atoms with Crippen molar-refractivity contribution in [3.8, 4) is 0 Å². The normalized spacial score (nSPS) is 16.4. The molecular weight excluding hydrogens is 304 g/mol. The predicted molar refractivity (Wildman–Crippen MR) is 90.4 cm³/mol. The van der Waals surface area contributed by atoms with Crippen molar-refractivity contribution in [3.05, 3.63) is 42.5 Å². The van der Waals surface area contributed by atoms with Crippen LogP contribution in [0.4, 0.5) is 0 Å². The van der Waals surface area contributed by atoms with E-state index in [0.29, 0.717) is 18.3 Å². The molecular formula is C17H24N6O. The van der Waals surface area contributed by atoms with Gasteiger partial charge < -0.3 is 9.47 Å². The van der Waals surface area contributed by atoms with Gasteiger partial charge >= 0.3 is 0 Å².